The number of ketones is 1. The van der Waals surface area contributed by atoms with Crippen LogP contribution in [0.15, 0.2) is 24.3 Å². The molecular weight excluding hydrogens is 386 g/mol. The third-order valence-corrected chi connectivity index (χ3v) is 4.90. The molecule has 0 aliphatic rings. The summed E-state index contributed by atoms with van der Waals surface area (Å²) in [7, 11) is 6.16. The zero-order chi connectivity index (χ0) is 21.8. The Balaban J connectivity index is 2.18. The summed E-state index contributed by atoms with van der Waals surface area (Å²) >= 11 is 0. The average Bonchev–Trinajstić information content (AvgIpc) is 3.11. The Morgan fingerprint density at radius 2 is 1.53 bits per heavy atom. The second-order valence-electron chi connectivity index (χ2n) is 6.74. The van der Waals surface area contributed by atoms with E-state index in [1.165, 1.54) is 21.3 Å². The van der Waals surface area contributed by atoms with E-state index in [0.29, 0.717) is 46.5 Å². The summed E-state index contributed by atoms with van der Waals surface area (Å²) in [6.45, 7) is 4.44. The fraction of sp³-hybridized carbons (Fsp3) is 0.348. The first-order chi connectivity index (χ1) is 14.5. The van der Waals surface area contributed by atoms with Gasteiger partial charge in [-0.1, -0.05) is 6.92 Å². The van der Waals surface area contributed by atoms with Gasteiger partial charge in [-0.3, -0.25) is 4.79 Å². The SMILES string of the molecule is CCCOc1c(OC)ccc2c(C(=O)c3cc(OC)c(OC)c(OC)c3)c(C)[nH]c12. The molecule has 2 aromatic carbocycles. The van der Waals surface area contributed by atoms with Gasteiger partial charge >= 0.3 is 0 Å². The first-order valence-corrected chi connectivity index (χ1v) is 9.67. The quantitative estimate of drug-likeness (QED) is 0.519. The van der Waals surface area contributed by atoms with Crippen molar-refractivity contribution in [1.29, 1.82) is 0 Å². The highest BCUT2D eigenvalue weighted by molar-refractivity contribution is 6.18. The van der Waals surface area contributed by atoms with Gasteiger partial charge in [0.25, 0.3) is 0 Å². The maximum Gasteiger partial charge on any atom is 0.203 e. The van der Waals surface area contributed by atoms with Gasteiger partial charge in [-0.05, 0) is 37.6 Å². The van der Waals surface area contributed by atoms with E-state index in [9.17, 15) is 4.79 Å². The zero-order valence-electron chi connectivity index (χ0n) is 18.2. The van der Waals surface area contributed by atoms with Crippen LogP contribution in [0, 0.1) is 6.92 Å². The van der Waals surface area contributed by atoms with Crippen LogP contribution in [0.25, 0.3) is 10.9 Å². The lowest BCUT2D eigenvalue weighted by molar-refractivity contribution is 0.103. The maximum absolute atomic E-state index is 13.5. The van der Waals surface area contributed by atoms with Crippen molar-refractivity contribution in [2.45, 2.75) is 20.3 Å². The first-order valence-electron chi connectivity index (χ1n) is 9.67. The molecule has 1 aromatic heterocycles. The minimum Gasteiger partial charge on any atom is -0.493 e. The number of hydrogen-bond acceptors (Lipinski definition) is 6. The summed E-state index contributed by atoms with van der Waals surface area (Å²) in [4.78, 5) is 16.8. The van der Waals surface area contributed by atoms with Crippen molar-refractivity contribution in [3.63, 3.8) is 0 Å². The zero-order valence-corrected chi connectivity index (χ0v) is 18.2. The molecule has 3 rings (SSSR count). The second kappa shape index (κ2) is 8.98. The molecule has 1 heterocycles. The Bertz CT molecular complexity index is 1040. The van der Waals surface area contributed by atoms with Gasteiger partial charge in [0.05, 0.1) is 46.1 Å². The Labute approximate surface area is 175 Å². The molecule has 0 radical (unpaired) electrons. The van der Waals surface area contributed by atoms with E-state index < -0.39 is 0 Å². The number of benzene rings is 2. The molecule has 3 aromatic rings. The minimum absolute atomic E-state index is 0.162. The summed E-state index contributed by atoms with van der Waals surface area (Å²) in [5, 5.41) is 0.762. The topological polar surface area (TPSA) is 79.0 Å². The normalized spacial score (nSPS) is 10.7. The number of fused-ring (bicyclic) bond motifs is 1. The van der Waals surface area contributed by atoms with Crippen LogP contribution in [-0.4, -0.2) is 45.8 Å². The Kier molecular flexibility index (Phi) is 6.40. The Morgan fingerprint density at radius 1 is 0.900 bits per heavy atom. The number of nitrogens with one attached hydrogen (secondary N) is 1. The summed E-state index contributed by atoms with van der Waals surface area (Å²) in [6.07, 6.45) is 0.858. The van der Waals surface area contributed by atoms with Gasteiger partial charge in [-0.25, -0.2) is 0 Å². The van der Waals surface area contributed by atoms with E-state index in [1.807, 2.05) is 26.0 Å². The van der Waals surface area contributed by atoms with Crippen LogP contribution in [-0.2, 0) is 0 Å². The molecule has 7 nitrogen and oxygen atoms in total. The number of aromatic nitrogens is 1. The molecule has 0 saturated heterocycles. The third-order valence-electron chi connectivity index (χ3n) is 4.90. The fourth-order valence-electron chi connectivity index (χ4n) is 3.51. The number of carbonyl (C=O) groups excluding carboxylic acids is 1. The van der Waals surface area contributed by atoms with Crippen molar-refractivity contribution in [2.24, 2.45) is 0 Å². The molecule has 0 unspecified atom stereocenters. The van der Waals surface area contributed by atoms with E-state index in [2.05, 4.69) is 4.98 Å². The number of ether oxygens (including phenoxy) is 5. The van der Waals surface area contributed by atoms with Gasteiger partial charge in [0.15, 0.2) is 28.8 Å². The van der Waals surface area contributed by atoms with Crippen LogP contribution < -0.4 is 23.7 Å². The molecular formula is C23H27NO6. The van der Waals surface area contributed by atoms with Gasteiger partial charge in [0.2, 0.25) is 5.75 Å². The van der Waals surface area contributed by atoms with Crippen molar-refractivity contribution in [3.05, 3.63) is 41.1 Å². The molecule has 0 aliphatic carbocycles. The number of hydrogen-bond donors (Lipinski definition) is 1. The highest BCUT2D eigenvalue weighted by Crippen LogP contribution is 2.41. The summed E-state index contributed by atoms with van der Waals surface area (Å²) in [5.74, 6) is 2.34. The van der Waals surface area contributed by atoms with E-state index in [4.69, 9.17) is 23.7 Å². The third kappa shape index (κ3) is 3.63. The minimum atomic E-state index is -0.162. The molecule has 1 N–H and O–H groups in total. The number of H-pyrrole nitrogens is 1. The number of carbonyl (C=O) groups is 1. The van der Waals surface area contributed by atoms with Crippen molar-refractivity contribution < 1.29 is 28.5 Å². The Hall–Kier alpha value is -3.35. The van der Waals surface area contributed by atoms with Crippen LogP contribution in [0.2, 0.25) is 0 Å². The lowest BCUT2D eigenvalue weighted by Gasteiger charge is -2.14. The monoisotopic (exact) mass is 413 g/mol. The van der Waals surface area contributed by atoms with Crippen molar-refractivity contribution in [3.8, 4) is 28.7 Å². The summed E-state index contributed by atoms with van der Waals surface area (Å²) in [5.41, 5.74) is 2.46. The second-order valence-corrected chi connectivity index (χ2v) is 6.74. The van der Waals surface area contributed by atoms with E-state index >= 15 is 0 Å². The molecule has 0 saturated carbocycles. The number of rotatable bonds is 9. The van der Waals surface area contributed by atoms with Crippen molar-refractivity contribution in [2.75, 3.05) is 35.0 Å². The maximum atomic E-state index is 13.5. The van der Waals surface area contributed by atoms with Crippen LogP contribution in [0.3, 0.4) is 0 Å². The van der Waals surface area contributed by atoms with Gasteiger partial charge in [0.1, 0.15) is 0 Å². The van der Waals surface area contributed by atoms with E-state index in [1.54, 1.807) is 19.2 Å². The summed E-state index contributed by atoms with van der Waals surface area (Å²) in [6, 6.07) is 6.98. The lowest BCUT2D eigenvalue weighted by Crippen LogP contribution is -2.05. The summed E-state index contributed by atoms with van der Waals surface area (Å²) < 4.78 is 27.5. The van der Waals surface area contributed by atoms with Gasteiger partial charge in [0, 0.05) is 16.6 Å². The highest BCUT2D eigenvalue weighted by atomic mass is 16.5. The highest BCUT2D eigenvalue weighted by Gasteiger charge is 2.24. The molecule has 30 heavy (non-hydrogen) atoms. The standard InChI is InChI=1S/C23H27NO6/c1-7-10-30-23-16(26-3)9-8-15-19(13(2)24-20(15)23)21(25)14-11-17(27-4)22(29-6)18(12-14)28-5/h8-9,11-12,24H,7,10H2,1-6H3. The number of aromatic amines is 1. The molecule has 0 amide bonds. The van der Waals surface area contributed by atoms with E-state index in [0.717, 1.165) is 23.0 Å². The number of aryl methyl sites for hydroxylation is 1. The van der Waals surface area contributed by atoms with Crippen LogP contribution >= 0.6 is 0 Å². The number of methoxy groups -OCH3 is 4. The smallest absolute Gasteiger partial charge is 0.203 e. The fourth-order valence-corrected chi connectivity index (χ4v) is 3.51. The van der Waals surface area contributed by atoms with Crippen LogP contribution in [0.4, 0.5) is 0 Å². The van der Waals surface area contributed by atoms with Gasteiger partial charge in [-0.2, -0.15) is 0 Å². The Morgan fingerprint density at radius 3 is 2.07 bits per heavy atom. The van der Waals surface area contributed by atoms with Crippen molar-refractivity contribution in [1.82, 2.24) is 4.98 Å². The molecule has 160 valence electrons. The average molecular weight is 413 g/mol. The van der Waals surface area contributed by atoms with Crippen LogP contribution in [0.5, 0.6) is 28.7 Å². The van der Waals surface area contributed by atoms with Crippen molar-refractivity contribution >= 4 is 16.7 Å². The van der Waals surface area contributed by atoms with Crippen LogP contribution in [0.1, 0.15) is 35.0 Å². The first kappa shape index (κ1) is 21.4. The predicted molar refractivity (Wildman–Crippen MR) is 115 cm³/mol. The molecule has 0 atom stereocenters. The molecule has 0 aliphatic heterocycles. The lowest BCUT2D eigenvalue weighted by atomic mass is 9.99. The van der Waals surface area contributed by atoms with E-state index in [-0.39, 0.29) is 5.78 Å². The molecule has 0 bridgehead atoms. The predicted octanol–water partition coefficient (Wildman–Crippen LogP) is 4.53. The van der Waals surface area contributed by atoms with Gasteiger partial charge in [-0.15, -0.1) is 0 Å². The molecule has 0 fully saturated rings. The largest absolute Gasteiger partial charge is 0.493 e. The molecule has 7 heteroatoms. The van der Waals surface area contributed by atoms with Gasteiger partial charge < -0.3 is 28.7 Å². The molecule has 0 spiro atoms.